The van der Waals surface area contributed by atoms with E-state index in [1.807, 2.05) is 39.5 Å². The monoisotopic (exact) mass is 908 g/mol. The molecule has 0 spiro atoms. The fourth-order valence-corrected chi connectivity index (χ4v) is 9.06. The maximum absolute atomic E-state index is 13.9. The standard InChI is InChI=1S/C45H52ClF3N8O7/c1-25-18-34(57(23-25)41(59)38(54-43(61)62)29-12-16-63-17-13-29)39-51-22-33(53-39)27-6-8-28(9-7-27)37-32(46)19-30(20-35(37)64-45(47,48)49)40(58)52-31-10-11-36(50-21-31)56-15-14-55(24-26(56)2)42(60)44(3,4)5/h6-11,19-22,25-26,29,34,38,54H,12-18,23-24H2,1-5H3,(H,51,53)(H,52,58)(H,61,62)/t25-,26+,34-,38?/m0/s1. The number of nitrogens with one attached hydrogen (secondary N) is 3. The molecule has 3 aliphatic rings. The molecule has 3 aliphatic heterocycles. The Labute approximate surface area is 373 Å². The summed E-state index contributed by atoms with van der Waals surface area (Å²) in [6.45, 7) is 12.6. The average Bonchev–Trinajstić information content (AvgIpc) is 3.89. The SMILES string of the molecule is C[C@H]1C[C@@H](c2nc(-c3ccc(-c4c(Cl)cc(C(=O)Nc5ccc(N6CCN(C(=O)C(C)(C)C)C[C@H]6C)nc5)cc4OC(F)(F)F)cc3)c[nH]2)N(C(=O)C(NC(=O)O)C2CCOCC2)C1. The molecule has 3 fully saturated rings. The molecular weight excluding hydrogens is 857 g/mol. The average molecular weight is 909 g/mol. The van der Waals surface area contributed by atoms with Crippen LogP contribution in [-0.2, 0) is 14.3 Å². The van der Waals surface area contributed by atoms with Crippen LogP contribution in [0.3, 0.4) is 0 Å². The van der Waals surface area contributed by atoms with Gasteiger partial charge in [0.15, 0.2) is 0 Å². The molecule has 2 aromatic carbocycles. The molecule has 4 atom stereocenters. The molecule has 5 heterocycles. The summed E-state index contributed by atoms with van der Waals surface area (Å²) < 4.78 is 51.3. The Balaban J connectivity index is 1.05. The van der Waals surface area contributed by atoms with Crippen LogP contribution < -0.4 is 20.3 Å². The molecule has 0 aliphatic carbocycles. The summed E-state index contributed by atoms with van der Waals surface area (Å²) in [6, 6.07) is 10.7. The summed E-state index contributed by atoms with van der Waals surface area (Å²) >= 11 is 6.64. The van der Waals surface area contributed by atoms with Crippen LogP contribution in [-0.4, -0.2) is 112 Å². The fourth-order valence-electron chi connectivity index (χ4n) is 8.74. The van der Waals surface area contributed by atoms with Crippen molar-refractivity contribution in [2.24, 2.45) is 17.3 Å². The number of hydrogen-bond acceptors (Lipinski definition) is 9. The first-order chi connectivity index (χ1) is 30.3. The van der Waals surface area contributed by atoms with Crippen LogP contribution in [0.15, 0.2) is 60.9 Å². The molecule has 0 bridgehead atoms. The number of halogens is 4. The third-order valence-corrected chi connectivity index (χ3v) is 12.2. The number of aromatic nitrogens is 3. The van der Waals surface area contributed by atoms with E-state index in [0.29, 0.717) is 87.2 Å². The molecule has 1 unspecified atom stereocenters. The predicted molar refractivity (Wildman–Crippen MR) is 233 cm³/mol. The number of anilines is 2. The minimum Gasteiger partial charge on any atom is -0.465 e. The number of likely N-dealkylation sites (tertiary alicyclic amines) is 1. The van der Waals surface area contributed by atoms with Crippen LogP contribution in [0, 0.1) is 17.3 Å². The zero-order chi connectivity index (χ0) is 46.1. The van der Waals surface area contributed by atoms with Gasteiger partial charge in [-0.25, -0.2) is 14.8 Å². The number of alkyl halides is 3. The van der Waals surface area contributed by atoms with Gasteiger partial charge in [-0.1, -0.05) is 63.6 Å². The molecule has 19 heteroatoms. The quantitative estimate of drug-likeness (QED) is 0.122. The lowest BCUT2D eigenvalue weighted by atomic mass is 9.90. The molecule has 0 radical (unpaired) electrons. The van der Waals surface area contributed by atoms with Gasteiger partial charge in [0.25, 0.3) is 5.91 Å². The van der Waals surface area contributed by atoms with Crippen LogP contribution in [0.1, 0.15) is 76.1 Å². The van der Waals surface area contributed by atoms with E-state index in [1.54, 1.807) is 47.5 Å². The third kappa shape index (κ3) is 10.6. The lowest BCUT2D eigenvalue weighted by Crippen LogP contribution is -2.56. The van der Waals surface area contributed by atoms with E-state index in [0.717, 1.165) is 6.07 Å². The number of pyridine rings is 1. The first kappa shape index (κ1) is 46.1. The molecule has 4 aromatic rings. The van der Waals surface area contributed by atoms with Crippen molar-refractivity contribution in [1.29, 1.82) is 0 Å². The lowest BCUT2D eigenvalue weighted by Gasteiger charge is -2.42. The second kappa shape index (κ2) is 18.7. The number of aromatic amines is 1. The molecule has 4 N–H and O–H groups in total. The van der Waals surface area contributed by atoms with Gasteiger partial charge in [0.05, 0.1) is 28.6 Å². The molecule has 342 valence electrons. The van der Waals surface area contributed by atoms with Crippen LogP contribution in [0.25, 0.3) is 22.4 Å². The summed E-state index contributed by atoms with van der Waals surface area (Å²) in [6.07, 6.45) is -1.56. The normalized spacial score (nSPS) is 20.2. The van der Waals surface area contributed by atoms with E-state index in [4.69, 9.17) is 21.3 Å². The minimum atomic E-state index is -5.11. The number of piperazine rings is 1. The number of hydrogen-bond donors (Lipinski definition) is 4. The van der Waals surface area contributed by atoms with Crippen LogP contribution >= 0.6 is 11.6 Å². The number of amides is 4. The van der Waals surface area contributed by atoms with E-state index in [9.17, 15) is 37.5 Å². The lowest BCUT2D eigenvalue weighted by molar-refractivity contribution is -0.274. The van der Waals surface area contributed by atoms with E-state index < -0.39 is 41.6 Å². The highest BCUT2D eigenvalue weighted by atomic mass is 35.5. The van der Waals surface area contributed by atoms with Crippen molar-refractivity contribution in [3.05, 3.63) is 77.3 Å². The largest absolute Gasteiger partial charge is 0.573 e. The first-order valence-corrected chi connectivity index (χ1v) is 21.6. The van der Waals surface area contributed by atoms with Crippen LogP contribution in [0.2, 0.25) is 5.02 Å². The smallest absolute Gasteiger partial charge is 0.465 e. The number of ether oxygens (including phenoxy) is 2. The second-order valence-electron chi connectivity index (χ2n) is 17.8. The topological polar surface area (TPSA) is 182 Å². The van der Waals surface area contributed by atoms with Gasteiger partial charge in [0.2, 0.25) is 11.8 Å². The molecule has 64 heavy (non-hydrogen) atoms. The Morgan fingerprint density at radius 1 is 0.984 bits per heavy atom. The van der Waals surface area contributed by atoms with E-state index in [-0.39, 0.29) is 51.4 Å². The second-order valence-corrected chi connectivity index (χ2v) is 18.2. The van der Waals surface area contributed by atoms with Gasteiger partial charge in [0, 0.05) is 73.7 Å². The number of carbonyl (C=O) groups excluding carboxylic acids is 3. The third-order valence-electron chi connectivity index (χ3n) is 11.9. The van der Waals surface area contributed by atoms with Crippen molar-refractivity contribution < 1.29 is 46.9 Å². The number of nitrogens with zero attached hydrogens (tertiary/aromatic N) is 5. The van der Waals surface area contributed by atoms with Gasteiger partial charge < -0.3 is 44.9 Å². The highest BCUT2D eigenvalue weighted by molar-refractivity contribution is 6.34. The summed E-state index contributed by atoms with van der Waals surface area (Å²) in [7, 11) is 0. The van der Waals surface area contributed by atoms with Gasteiger partial charge in [-0.2, -0.15) is 0 Å². The molecular formula is C45H52ClF3N8O7. The number of carbonyl (C=O) groups is 4. The van der Waals surface area contributed by atoms with Crippen molar-refractivity contribution in [3.63, 3.8) is 0 Å². The molecule has 15 nitrogen and oxygen atoms in total. The first-order valence-electron chi connectivity index (χ1n) is 21.2. The van der Waals surface area contributed by atoms with E-state index >= 15 is 0 Å². The van der Waals surface area contributed by atoms with Gasteiger partial charge in [-0.05, 0) is 67.9 Å². The Morgan fingerprint density at radius 2 is 1.69 bits per heavy atom. The Bertz CT molecular complexity index is 2350. The summed E-state index contributed by atoms with van der Waals surface area (Å²) in [5.41, 5.74) is 0.940. The minimum absolute atomic E-state index is 0.0152. The Morgan fingerprint density at radius 3 is 2.31 bits per heavy atom. The number of rotatable bonds is 10. The Kier molecular flexibility index (Phi) is 13.5. The summed E-state index contributed by atoms with van der Waals surface area (Å²) in [4.78, 5) is 70.0. The maximum atomic E-state index is 13.9. The van der Waals surface area contributed by atoms with Gasteiger partial charge in [-0.3, -0.25) is 14.4 Å². The Hall–Kier alpha value is -5.88. The molecule has 2 aromatic heterocycles. The number of imidazole rings is 1. The highest BCUT2D eigenvalue weighted by Gasteiger charge is 2.42. The van der Waals surface area contributed by atoms with Crippen LogP contribution in [0.4, 0.5) is 29.5 Å². The van der Waals surface area contributed by atoms with Crippen molar-refractivity contribution in [3.8, 4) is 28.1 Å². The number of carboxylic acid groups (broad SMARTS) is 1. The summed E-state index contributed by atoms with van der Waals surface area (Å²) in [5.74, 6) is -0.582. The zero-order valence-corrected chi connectivity index (χ0v) is 36.9. The molecule has 0 saturated carbocycles. The van der Waals surface area contributed by atoms with E-state index in [2.05, 4.69) is 30.2 Å². The van der Waals surface area contributed by atoms with Crippen molar-refractivity contribution in [2.45, 2.75) is 78.4 Å². The van der Waals surface area contributed by atoms with Gasteiger partial charge in [-0.15, -0.1) is 13.2 Å². The predicted octanol–water partition coefficient (Wildman–Crippen LogP) is 8.00. The molecule has 7 rings (SSSR count). The highest BCUT2D eigenvalue weighted by Crippen LogP contribution is 2.42. The zero-order valence-electron chi connectivity index (χ0n) is 36.2. The number of benzene rings is 2. The van der Waals surface area contributed by atoms with Crippen molar-refractivity contribution in [1.82, 2.24) is 30.1 Å². The molecule has 4 amide bonds. The van der Waals surface area contributed by atoms with E-state index in [1.165, 1.54) is 12.3 Å². The molecule has 3 saturated heterocycles. The van der Waals surface area contributed by atoms with Crippen molar-refractivity contribution in [2.75, 3.05) is 49.6 Å². The fraction of sp³-hybridized carbons (Fsp3) is 0.467. The van der Waals surface area contributed by atoms with Gasteiger partial charge in [0.1, 0.15) is 23.4 Å². The van der Waals surface area contributed by atoms with Gasteiger partial charge >= 0.3 is 12.5 Å². The van der Waals surface area contributed by atoms with Crippen LogP contribution in [0.5, 0.6) is 5.75 Å². The van der Waals surface area contributed by atoms with Crippen molar-refractivity contribution >= 4 is 46.9 Å². The number of H-pyrrole nitrogens is 1. The summed E-state index contributed by atoms with van der Waals surface area (Å²) in [5, 5.41) is 14.5. The maximum Gasteiger partial charge on any atom is 0.573 e.